The molecule has 2 heteroatoms. The molecule has 0 aliphatic rings. The summed E-state index contributed by atoms with van der Waals surface area (Å²) in [7, 11) is 0. The van der Waals surface area contributed by atoms with Gasteiger partial charge >= 0.3 is 0 Å². The van der Waals surface area contributed by atoms with Crippen LogP contribution in [0.1, 0.15) is 11.1 Å². The molecule has 0 unspecified atom stereocenters. The summed E-state index contributed by atoms with van der Waals surface area (Å²) in [6, 6.07) is 7.96. The van der Waals surface area contributed by atoms with Gasteiger partial charge in [-0.1, -0.05) is 24.3 Å². The van der Waals surface area contributed by atoms with Crippen LogP contribution in [0.4, 0.5) is 0 Å². The van der Waals surface area contributed by atoms with Gasteiger partial charge in [-0.25, -0.2) is 0 Å². The number of aliphatic hydroxyl groups excluding tert-OH is 1. The zero-order valence-electron chi connectivity index (χ0n) is 6.90. The van der Waals surface area contributed by atoms with Crippen molar-refractivity contribution in [1.29, 1.82) is 0 Å². The van der Waals surface area contributed by atoms with Crippen molar-refractivity contribution in [2.24, 2.45) is 5.73 Å². The predicted octanol–water partition coefficient (Wildman–Crippen LogP) is 1.76. The van der Waals surface area contributed by atoms with Crippen molar-refractivity contribution >= 4 is 0 Å². The van der Waals surface area contributed by atoms with E-state index in [9.17, 15) is 0 Å². The Kier molecular flexibility index (Phi) is 3.35. The van der Waals surface area contributed by atoms with Gasteiger partial charge < -0.3 is 10.8 Å². The predicted molar refractivity (Wildman–Crippen MR) is 49.8 cm³/mol. The normalized spacial score (nSPS) is 10.8. The molecule has 0 aromatic heterocycles. The molecule has 64 valence electrons. The fourth-order valence-corrected chi connectivity index (χ4v) is 1.14. The first-order valence-electron chi connectivity index (χ1n) is 3.94. The largest absolute Gasteiger partial charge is 0.516 e. The highest BCUT2D eigenvalue weighted by molar-refractivity contribution is 5.28. The van der Waals surface area contributed by atoms with E-state index in [2.05, 4.69) is 0 Å². The van der Waals surface area contributed by atoms with Crippen LogP contribution in [0.5, 0.6) is 0 Å². The molecule has 0 bridgehead atoms. The molecule has 0 saturated heterocycles. The molecule has 0 aliphatic carbocycles. The average molecular weight is 163 g/mol. The summed E-state index contributed by atoms with van der Waals surface area (Å²) < 4.78 is 0. The average Bonchev–Trinajstić information content (AvgIpc) is 2.15. The third kappa shape index (κ3) is 2.10. The lowest BCUT2D eigenvalue weighted by molar-refractivity contribution is 0.471. The monoisotopic (exact) mass is 163 g/mol. The fourth-order valence-electron chi connectivity index (χ4n) is 1.14. The Morgan fingerprint density at radius 2 is 1.92 bits per heavy atom. The van der Waals surface area contributed by atoms with Gasteiger partial charge in [0.05, 0.1) is 6.26 Å². The van der Waals surface area contributed by atoms with Crippen molar-refractivity contribution in [3.8, 4) is 0 Å². The first-order chi connectivity index (χ1) is 5.88. The summed E-state index contributed by atoms with van der Waals surface area (Å²) in [5, 5.41) is 8.48. The van der Waals surface area contributed by atoms with Crippen LogP contribution in [0.25, 0.3) is 0 Å². The molecule has 2 nitrogen and oxygen atoms in total. The topological polar surface area (TPSA) is 46.2 Å². The van der Waals surface area contributed by atoms with Crippen LogP contribution >= 0.6 is 0 Å². The molecule has 0 fully saturated rings. The maximum absolute atomic E-state index is 8.48. The summed E-state index contributed by atoms with van der Waals surface area (Å²) in [5.41, 5.74) is 7.84. The number of rotatable bonds is 3. The lowest BCUT2D eigenvalue weighted by Crippen LogP contribution is -2.00. The number of hydrogen-bond donors (Lipinski definition) is 2. The highest BCUT2D eigenvalue weighted by atomic mass is 16.2. The van der Waals surface area contributed by atoms with Crippen LogP contribution in [-0.2, 0) is 13.0 Å². The minimum Gasteiger partial charge on any atom is -0.516 e. The quantitative estimate of drug-likeness (QED) is 0.667. The Morgan fingerprint density at radius 1 is 1.25 bits per heavy atom. The van der Waals surface area contributed by atoms with E-state index in [0.717, 1.165) is 18.2 Å². The Labute approximate surface area is 72.3 Å². The summed E-state index contributed by atoms with van der Waals surface area (Å²) in [6.45, 7) is 0.551. The van der Waals surface area contributed by atoms with Crippen LogP contribution in [0.15, 0.2) is 36.6 Å². The van der Waals surface area contributed by atoms with E-state index in [1.54, 1.807) is 6.08 Å². The van der Waals surface area contributed by atoms with Crippen molar-refractivity contribution in [3.05, 3.63) is 47.7 Å². The van der Waals surface area contributed by atoms with E-state index >= 15 is 0 Å². The van der Waals surface area contributed by atoms with Crippen LogP contribution in [0.3, 0.4) is 0 Å². The highest BCUT2D eigenvalue weighted by Crippen LogP contribution is 2.08. The lowest BCUT2D eigenvalue weighted by Gasteiger charge is -2.03. The van der Waals surface area contributed by atoms with Crippen molar-refractivity contribution in [3.63, 3.8) is 0 Å². The molecule has 1 rings (SSSR count). The van der Waals surface area contributed by atoms with Gasteiger partial charge in [-0.3, -0.25) is 0 Å². The number of allylic oxidation sites excluding steroid dienone is 1. The molecule has 1 aromatic carbocycles. The molecular formula is C10H13NO. The highest BCUT2D eigenvalue weighted by Gasteiger charge is 1.95. The van der Waals surface area contributed by atoms with Crippen LogP contribution in [0.2, 0.25) is 0 Å². The summed E-state index contributed by atoms with van der Waals surface area (Å²) in [6.07, 6.45) is 3.51. The minimum atomic E-state index is 0.551. The molecule has 0 heterocycles. The van der Waals surface area contributed by atoms with Gasteiger partial charge in [0, 0.05) is 6.54 Å². The molecule has 1 aromatic rings. The number of aliphatic hydroxyl groups is 1. The number of hydrogen-bond acceptors (Lipinski definition) is 2. The molecule has 0 radical (unpaired) electrons. The molecule has 0 aliphatic heterocycles. The van der Waals surface area contributed by atoms with Crippen molar-refractivity contribution in [2.45, 2.75) is 13.0 Å². The van der Waals surface area contributed by atoms with Gasteiger partial charge in [0.1, 0.15) is 0 Å². The third-order valence-corrected chi connectivity index (χ3v) is 1.78. The third-order valence-electron chi connectivity index (χ3n) is 1.78. The summed E-state index contributed by atoms with van der Waals surface area (Å²) in [4.78, 5) is 0. The van der Waals surface area contributed by atoms with Crippen LogP contribution in [0, 0.1) is 0 Å². The number of benzene rings is 1. The molecule has 0 spiro atoms. The Morgan fingerprint density at radius 3 is 2.50 bits per heavy atom. The summed E-state index contributed by atoms with van der Waals surface area (Å²) in [5.74, 6) is 0. The summed E-state index contributed by atoms with van der Waals surface area (Å²) >= 11 is 0. The SMILES string of the molecule is NCc1ccccc1CC=CO. The maximum Gasteiger partial charge on any atom is 0.0755 e. The number of nitrogens with two attached hydrogens (primary N) is 1. The molecular weight excluding hydrogens is 150 g/mol. The Hall–Kier alpha value is -1.28. The Balaban J connectivity index is 2.81. The maximum atomic E-state index is 8.48. The van der Waals surface area contributed by atoms with E-state index < -0.39 is 0 Å². The first kappa shape index (κ1) is 8.81. The second-order valence-corrected chi connectivity index (χ2v) is 2.56. The zero-order chi connectivity index (χ0) is 8.81. The molecule has 0 atom stereocenters. The van der Waals surface area contributed by atoms with Gasteiger partial charge in [-0.05, 0) is 23.6 Å². The lowest BCUT2D eigenvalue weighted by atomic mass is 10.1. The molecule has 12 heavy (non-hydrogen) atoms. The smallest absolute Gasteiger partial charge is 0.0755 e. The first-order valence-corrected chi connectivity index (χ1v) is 3.94. The Bertz CT molecular complexity index is 268. The van der Waals surface area contributed by atoms with E-state index in [1.165, 1.54) is 5.56 Å². The van der Waals surface area contributed by atoms with Crippen molar-refractivity contribution in [2.75, 3.05) is 0 Å². The molecule has 0 amide bonds. The standard InChI is InChI=1S/C10H13NO/c11-8-10-5-2-1-4-9(10)6-3-7-12/h1-5,7,12H,6,8,11H2. The van der Waals surface area contributed by atoms with Crippen LogP contribution < -0.4 is 5.73 Å². The zero-order valence-corrected chi connectivity index (χ0v) is 6.90. The minimum absolute atomic E-state index is 0.551. The van der Waals surface area contributed by atoms with Gasteiger partial charge in [0.2, 0.25) is 0 Å². The fraction of sp³-hybridized carbons (Fsp3) is 0.200. The van der Waals surface area contributed by atoms with Crippen molar-refractivity contribution < 1.29 is 5.11 Å². The van der Waals surface area contributed by atoms with E-state index in [4.69, 9.17) is 10.8 Å². The second-order valence-electron chi connectivity index (χ2n) is 2.56. The van der Waals surface area contributed by atoms with Crippen molar-refractivity contribution in [1.82, 2.24) is 0 Å². The van der Waals surface area contributed by atoms with Gasteiger partial charge in [-0.15, -0.1) is 0 Å². The van der Waals surface area contributed by atoms with E-state index in [-0.39, 0.29) is 0 Å². The van der Waals surface area contributed by atoms with Gasteiger partial charge in [0.25, 0.3) is 0 Å². The van der Waals surface area contributed by atoms with E-state index in [1.807, 2.05) is 24.3 Å². The molecule has 3 N–H and O–H groups in total. The van der Waals surface area contributed by atoms with Crippen LogP contribution in [-0.4, -0.2) is 5.11 Å². The molecule has 0 saturated carbocycles. The van der Waals surface area contributed by atoms with Gasteiger partial charge in [-0.2, -0.15) is 0 Å². The van der Waals surface area contributed by atoms with E-state index in [0.29, 0.717) is 6.54 Å². The second kappa shape index (κ2) is 4.57. The van der Waals surface area contributed by atoms with Gasteiger partial charge in [0.15, 0.2) is 0 Å².